The number of rotatable bonds is 8. The Morgan fingerprint density at radius 1 is 1.24 bits per heavy atom. The summed E-state index contributed by atoms with van der Waals surface area (Å²) in [6, 6.07) is 3.21. The van der Waals surface area contributed by atoms with Crippen LogP contribution in [0.4, 0.5) is 17.6 Å². The fraction of sp³-hybridized carbons (Fsp3) is 0.577. The zero-order valence-corrected chi connectivity index (χ0v) is 20.9. The minimum Gasteiger partial charge on any atom is -0.468 e. The first-order valence-corrected chi connectivity index (χ1v) is 12.6. The third-order valence-electron chi connectivity index (χ3n) is 7.04. The number of amides is 1. The molecule has 1 aliphatic heterocycles. The molecule has 1 amide bonds. The van der Waals surface area contributed by atoms with Gasteiger partial charge in [-0.3, -0.25) is 9.48 Å². The number of aromatic nitrogens is 3. The maximum atomic E-state index is 15.5. The van der Waals surface area contributed by atoms with Crippen LogP contribution >= 0.6 is 0 Å². The van der Waals surface area contributed by atoms with Crippen molar-refractivity contribution in [2.75, 3.05) is 26.2 Å². The van der Waals surface area contributed by atoms with Gasteiger partial charge in [0.05, 0.1) is 6.20 Å². The number of halogens is 4. The molecule has 2 aliphatic rings. The van der Waals surface area contributed by atoms with Crippen LogP contribution in [0.25, 0.3) is 6.08 Å². The highest BCUT2D eigenvalue weighted by molar-refractivity contribution is 5.91. The van der Waals surface area contributed by atoms with Gasteiger partial charge in [-0.1, -0.05) is 6.07 Å². The minimum absolute atomic E-state index is 0.0244. The van der Waals surface area contributed by atoms with Crippen LogP contribution in [0.1, 0.15) is 48.9 Å². The molecule has 0 atom stereocenters. The maximum Gasteiger partial charge on any atom is 0.422 e. The van der Waals surface area contributed by atoms with Gasteiger partial charge in [-0.05, 0) is 50.2 Å². The lowest BCUT2D eigenvalue weighted by Gasteiger charge is -2.35. The van der Waals surface area contributed by atoms with E-state index in [1.807, 2.05) is 13.2 Å². The van der Waals surface area contributed by atoms with Gasteiger partial charge >= 0.3 is 6.18 Å². The van der Waals surface area contributed by atoms with E-state index in [-0.39, 0.29) is 17.8 Å². The Morgan fingerprint density at radius 2 is 2.00 bits per heavy atom. The smallest absolute Gasteiger partial charge is 0.422 e. The highest BCUT2D eigenvalue weighted by Gasteiger charge is 2.36. The summed E-state index contributed by atoms with van der Waals surface area (Å²) < 4.78 is 59.2. The normalized spacial score (nSPS) is 23.0. The molecule has 0 radical (unpaired) electrons. The van der Waals surface area contributed by atoms with Crippen LogP contribution in [0.2, 0.25) is 0 Å². The highest BCUT2D eigenvalue weighted by Crippen LogP contribution is 2.35. The topological polar surface area (TPSA) is 72.3 Å². The molecule has 1 saturated carbocycles. The number of aryl methyl sites for hydroxylation is 1. The molecule has 0 aromatic carbocycles. The lowest BCUT2D eigenvalue weighted by Crippen LogP contribution is -2.42. The van der Waals surface area contributed by atoms with Crippen LogP contribution in [-0.2, 0) is 24.7 Å². The first-order valence-electron chi connectivity index (χ1n) is 12.6. The second-order valence-corrected chi connectivity index (χ2v) is 9.97. The maximum absolute atomic E-state index is 15.5. The molecule has 0 bridgehead atoms. The molecule has 0 spiro atoms. The van der Waals surface area contributed by atoms with Crippen molar-refractivity contribution < 1.29 is 27.1 Å². The summed E-state index contributed by atoms with van der Waals surface area (Å²) in [5, 5.41) is 7.03. The van der Waals surface area contributed by atoms with Gasteiger partial charge in [-0.2, -0.15) is 18.3 Å². The van der Waals surface area contributed by atoms with Gasteiger partial charge in [0.25, 0.3) is 0 Å². The third-order valence-corrected chi connectivity index (χ3v) is 7.04. The zero-order valence-electron chi connectivity index (χ0n) is 20.9. The first-order chi connectivity index (χ1) is 17.6. The molecule has 1 fully saturated rings. The predicted octanol–water partition coefficient (Wildman–Crippen LogP) is 4.03. The van der Waals surface area contributed by atoms with Crippen molar-refractivity contribution in [3.8, 4) is 5.88 Å². The van der Waals surface area contributed by atoms with Crippen LogP contribution < -0.4 is 10.1 Å². The van der Waals surface area contributed by atoms with Crippen molar-refractivity contribution in [3.63, 3.8) is 0 Å². The molecule has 37 heavy (non-hydrogen) atoms. The summed E-state index contributed by atoms with van der Waals surface area (Å²) in [4.78, 5) is 18.7. The van der Waals surface area contributed by atoms with Crippen LogP contribution in [0, 0.1) is 0 Å². The van der Waals surface area contributed by atoms with E-state index in [1.54, 1.807) is 23.0 Å². The molecular weight excluding hydrogens is 490 g/mol. The molecule has 4 rings (SSSR count). The van der Waals surface area contributed by atoms with Gasteiger partial charge < -0.3 is 15.0 Å². The zero-order chi connectivity index (χ0) is 26.5. The number of nitrogens with one attached hydrogen (secondary N) is 1. The van der Waals surface area contributed by atoms with Crippen LogP contribution in [0.3, 0.4) is 0 Å². The Morgan fingerprint density at radius 3 is 2.70 bits per heavy atom. The van der Waals surface area contributed by atoms with Gasteiger partial charge in [0.1, 0.15) is 5.67 Å². The SMILES string of the molecule is Cn1cc(/C=C/C(=O)N[C@H]2CC[C@](F)(CCN3CCc4ccc(OCC(F)(F)F)nc4CC3)CC2)cn1. The number of fused-ring (bicyclic) bond motifs is 1. The van der Waals surface area contributed by atoms with E-state index in [4.69, 9.17) is 4.74 Å². The standard InChI is InChI=1S/C26H33F4N5O2/c1-34-17-19(16-31-34)2-4-23(36)32-21-6-10-25(27,11-7-21)12-15-35-13-8-20-3-5-24(33-22(20)9-14-35)37-18-26(28,29)30/h2-5,16-17,21H,6-15,18H2,1H3,(H,32,36)/b4-2+/t21-,25+. The van der Waals surface area contributed by atoms with Crippen LogP contribution in [0.15, 0.2) is 30.6 Å². The van der Waals surface area contributed by atoms with Gasteiger partial charge in [-0.25, -0.2) is 9.37 Å². The van der Waals surface area contributed by atoms with Gasteiger partial charge in [0, 0.05) is 68.7 Å². The number of alkyl halides is 4. The number of nitrogens with zero attached hydrogens (tertiary/aromatic N) is 4. The fourth-order valence-electron chi connectivity index (χ4n) is 4.90. The van der Waals surface area contributed by atoms with E-state index in [2.05, 4.69) is 20.3 Å². The fourth-order valence-corrected chi connectivity index (χ4v) is 4.90. The van der Waals surface area contributed by atoms with E-state index in [9.17, 15) is 18.0 Å². The molecule has 202 valence electrons. The largest absolute Gasteiger partial charge is 0.468 e. The molecule has 3 heterocycles. The van der Waals surface area contributed by atoms with E-state index in [0.717, 1.165) is 23.4 Å². The van der Waals surface area contributed by atoms with Crippen molar-refractivity contribution in [1.82, 2.24) is 25.0 Å². The Hall–Kier alpha value is -2.95. The summed E-state index contributed by atoms with van der Waals surface area (Å²) >= 11 is 0. The average molecular weight is 524 g/mol. The summed E-state index contributed by atoms with van der Waals surface area (Å²) in [7, 11) is 1.81. The molecule has 0 saturated heterocycles. The molecule has 11 heteroatoms. The van der Waals surface area contributed by atoms with Crippen LogP contribution in [-0.4, -0.2) is 69.7 Å². The minimum atomic E-state index is -4.41. The molecule has 2 aromatic rings. The number of hydrogen-bond donors (Lipinski definition) is 1. The Kier molecular flexibility index (Phi) is 8.51. The highest BCUT2D eigenvalue weighted by atomic mass is 19.4. The van der Waals surface area contributed by atoms with Crippen molar-refractivity contribution in [2.45, 2.75) is 62.8 Å². The Bertz CT molecular complexity index is 1090. The molecular formula is C26H33F4N5O2. The number of carbonyl (C=O) groups is 1. The van der Waals surface area contributed by atoms with Gasteiger partial charge in [-0.15, -0.1) is 0 Å². The predicted molar refractivity (Wildman–Crippen MR) is 131 cm³/mol. The van der Waals surface area contributed by atoms with Gasteiger partial charge in [0.15, 0.2) is 6.61 Å². The summed E-state index contributed by atoms with van der Waals surface area (Å²) in [5.41, 5.74) is 1.31. The van der Waals surface area contributed by atoms with E-state index in [0.29, 0.717) is 58.0 Å². The summed E-state index contributed by atoms with van der Waals surface area (Å²) in [6.07, 6.45) is 5.96. The summed E-state index contributed by atoms with van der Waals surface area (Å²) in [6.45, 7) is 0.652. The monoisotopic (exact) mass is 523 g/mol. The molecule has 1 N–H and O–H groups in total. The Labute approximate surface area is 213 Å². The second-order valence-electron chi connectivity index (χ2n) is 9.97. The summed E-state index contributed by atoms with van der Waals surface area (Å²) in [5.74, 6) is -0.214. The lowest BCUT2D eigenvalue weighted by molar-refractivity contribution is -0.154. The lowest BCUT2D eigenvalue weighted by atomic mass is 9.81. The van der Waals surface area contributed by atoms with Crippen molar-refractivity contribution >= 4 is 12.0 Å². The first kappa shape index (κ1) is 27.1. The van der Waals surface area contributed by atoms with Gasteiger partial charge in [0.2, 0.25) is 11.8 Å². The molecule has 7 nitrogen and oxygen atoms in total. The van der Waals surface area contributed by atoms with Crippen molar-refractivity contribution in [3.05, 3.63) is 47.4 Å². The number of pyridine rings is 1. The number of carbonyl (C=O) groups excluding carboxylic acids is 1. The van der Waals surface area contributed by atoms with E-state index < -0.39 is 18.5 Å². The Balaban J connectivity index is 1.19. The quantitative estimate of drug-likeness (QED) is 0.418. The van der Waals surface area contributed by atoms with Crippen molar-refractivity contribution in [2.24, 2.45) is 7.05 Å². The third kappa shape index (κ3) is 8.28. The van der Waals surface area contributed by atoms with Crippen molar-refractivity contribution in [1.29, 1.82) is 0 Å². The molecule has 1 aliphatic carbocycles. The molecule has 2 aromatic heterocycles. The number of ether oxygens (including phenoxy) is 1. The average Bonchev–Trinajstić information content (AvgIpc) is 3.16. The second kappa shape index (κ2) is 11.6. The van der Waals surface area contributed by atoms with E-state index in [1.165, 1.54) is 12.1 Å². The number of hydrogen-bond acceptors (Lipinski definition) is 5. The van der Waals surface area contributed by atoms with E-state index >= 15 is 4.39 Å². The van der Waals surface area contributed by atoms with Crippen LogP contribution in [0.5, 0.6) is 5.88 Å². The molecule has 0 unspecified atom stereocenters.